The van der Waals surface area contributed by atoms with E-state index in [0.717, 1.165) is 44.3 Å². The molecule has 4 heteroatoms. The van der Waals surface area contributed by atoms with Gasteiger partial charge in [0.25, 0.3) is 0 Å². The number of carbonyl (C=O) groups excluding carboxylic acids is 1. The van der Waals surface area contributed by atoms with Crippen molar-refractivity contribution >= 4 is 16.9 Å². The van der Waals surface area contributed by atoms with Crippen LogP contribution in [0.2, 0.25) is 0 Å². The fraction of sp³-hybridized carbons (Fsp3) is 0.524. The Bertz CT molecular complexity index is 700. The van der Waals surface area contributed by atoms with Gasteiger partial charge in [-0.1, -0.05) is 38.5 Å². The van der Waals surface area contributed by atoms with Crippen molar-refractivity contribution in [2.75, 3.05) is 6.54 Å². The van der Waals surface area contributed by atoms with Gasteiger partial charge in [-0.15, -0.1) is 0 Å². The van der Waals surface area contributed by atoms with Gasteiger partial charge in [-0.25, -0.2) is 4.98 Å². The van der Waals surface area contributed by atoms with Gasteiger partial charge in [0.1, 0.15) is 5.82 Å². The normalized spacial score (nSPS) is 11.7. The largest absolute Gasteiger partial charge is 0.353 e. The van der Waals surface area contributed by atoms with E-state index < -0.39 is 0 Å². The third-order valence-corrected chi connectivity index (χ3v) is 4.36. The van der Waals surface area contributed by atoms with Crippen LogP contribution in [0.5, 0.6) is 0 Å². The quantitative estimate of drug-likeness (QED) is 0.511. The molecule has 136 valence electrons. The van der Waals surface area contributed by atoms with E-state index in [-0.39, 0.29) is 5.91 Å². The summed E-state index contributed by atoms with van der Waals surface area (Å²) in [5.74, 6) is 1.88. The third kappa shape index (κ3) is 6.04. The Hall–Kier alpha value is -2.10. The number of unbranched alkanes of at least 4 members (excludes halogenated alkanes) is 2. The number of carbonyl (C=O) groups is 1. The van der Waals surface area contributed by atoms with E-state index in [9.17, 15) is 4.79 Å². The molecule has 0 spiro atoms. The van der Waals surface area contributed by atoms with Crippen LogP contribution in [-0.2, 0) is 17.8 Å². The minimum absolute atomic E-state index is 0.00187. The van der Waals surface area contributed by atoms with Gasteiger partial charge in [0, 0.05) is 19.5 Å². The van der Waals surface area contributed by atoms with Gasteiger partial charge in [0.15, 0.2) is 0 Å². The maximum atomic E-state index is 11.4. The number of allylic oxidation sites excluding steroid dienone is 1. The lowest BCUT2D eigenvalue weighted by atomic mass is 10.1. The van der Waals surface area contributed by atoms with Crippen molar-refractivity contribution < 1.29 is 4.79 Å². The van der Waals surface area contributed by atoms with E-state index in [0.29, 0.717) is 5.92 Å². The van der Waals surface area contributed by atoms with Crippen molar-refractivity contribution in [3.8, 4) is 0 Å². The Kier molecular flexibility index (Phi) is 7.71. The molecule has 1 N–H and O–H groups in total. The molecule has 0 aliphatic rings. The van der Waals surface area contributed by atoms with Crippen LogP contribution in [0.25, 0.3) is 11.0 Å². The number of hydrogen-bond acceptors (Lipinski definition) is 2. The van der Waals surface area contributed by atoms with Crippen LogP contribution in [0.4, 0.5) is 0 Å². The highest BCUT2D eigenvalue weighted by Gasteiger charge is 2.10. The highest BCUT2D eigenvalue weighted by molar-refractivity contribution is 5.87. The average molecular weight is 341 g/mol. The molecule has 0 saturated heterocycles. The number of fused-ring (bicyclic) bond motifs is 1. The fourth-order valence-electron chi connectivity index (χ4n) is 2.96. The molecule has 0 unspecified atom stereocenters. The highest BCUT2D eigenvalue weighted by Crippen LogP contribution is 2.19. The number of amides is 1. The van der Waals surface area contributed by atoms with Crippen molar-refractivity contribution in [2.45, 2.75) is 59.4 Å². The summed E-state index contributed by atoms with van der Waals surface area (Å²) in [7, 11) is 0. The zero-order chi connectivity index (χ0) is 18.1. The summed E-state index contributed by atoms with van der Waals surface area (Å²) in [4.78, 5) is 16.2. The number of aryl methyl sites for hydroxylation is 2. The molecule has 1 heterocycles. The van der Waals surface area contributed by atoms with Crippen LogP contribution in [0.3, 0.4) is 0 Å². The predicted molar refractivity (Wildman–Crippen MR) is 105 cm³/mol. The number of nitrogens with one attached hydrogen (secondary N) is 1. The molecule has 1 amide bonds. The summed E-state index contributed by atoms with van der Waals surface area (Å²) < 4.78 is 2.39. The number of hydrogen-bond donors (Lipinski definition) is 1. The van der Waals surface area contributed by atoms with Crippen molar-refractivity contribution in [2.24, 2.45) is 5.92 Å². The van der Waals surface area contributed by atoms with Gasteiger partial charge in [-0.3, -0.25) is 4.79 Å². The Morgan fingerprint density at radius 2 is 2.04 bits per heavy atom. The standard InChI is InChI=1S/C21H31N3O/c1-4-10-21(25)22-15-9-5-6-13-20-23-18-11-7-8-12-19(18)24(20)16-14-17(2)3/h4,7-8,10-12,17H,5-6,9,13-16H2,1-3H3,(H,22,25)/b10-4+. The second-order valence-electron chi connectivity index (χ2n) is 6.95. The molecule has 0 bridgehead atoms. The molecule has 0 aliphatic heterocycles. The predicted octanol–water partition coefficient (Wildman–Crippen LogP) is 4.49. The Balaban J connectivity index is 1.87. The summed E-state index contributed by atoms with van der Waals surface area (Å²) >= 11 is 0. The molecule has 4 nitrogen and oxygen atoms in total. The highest BCUT2D eigenvalue weighted by atomic mass is 16.1. The first kappa shape index (κ1) is 19.2. The van der Waals surface area contributed by atoms with Crippen molar-refractivity contribution in [3.63, 3.8) is 0 Å². The minimum Gasteiger partial charge on any atom is -0.353 e. The topological polar surface area (TPSA) is 46.9 Å². The first-order valence-corrected chi connectivity index (χ1v) is 9.46. The van der Waals surface area contributed by atoms with E-state index in [1.54, 1.807) is 12.2 Å². The van der Waals surface area contributed by atoms with Crippen molar-refractivity contribution in [1.82, 2.24) is 14.9 Å². The number of para-hydroxylation sites is 2. The van der Waals surface area contributed by atoms with Crippen LogP contribution in [-0.4, -0.2) is 22.0 Å². The van der Waals surface area contributed by atoms with Crippen LogP contribution >= 0.6 is 0 Å². The molecule has 1 aromatic heterocycles. The molecule has 0 saturated carbocycles. The van der Waals surface area contributed by atoms with Crippen molar-refractivity contribution in [3.05, 3.63) is 42.2 Å². The van der Waals surface area contributed by atoms with Gasteiger partial charge >= 0.3 is 0 Å². The van der Waals surface area contributed by atoms with Crippen LogP contribution < -0.4 is 5.32 Å². The average Bonchev–Trinajstić information content (AvgIpc) is 2.93. The summed E-state index contributed by atoms with van der Waals surface area (Å²) in [6.45, 7) is 8.16. The van der Waals surface area contributed by atoms with Gasteiger partial charge in [0.2, 0.25) is 5.91 Å². The van der Waals surface area contributed by atoms with Crippen molar-refractivity contribution in [1.29, 1.82) is 0 Å². The molecule has 0 atom stereocenters. The molecular weight excluding hydrogens is 310 g/mol. The van der Waals surface area contributed by atoms with Gasteiger partial charge in [0.05, 0.1) is 11.0 Å². The third-order valence-electron chi connectivity index (χ3n) is 4.36. The molecule has 0 radical (unpaired) electrons. The summed E-state index contributed by atoms with van der Waals surface area (Å²) in [6, 6.07) is 8.41. The van der Waals surface area contributed by atoms with Gasteiger partial charge in [-0.05, 0) is 50.3 Å². The SMILES string of the molecule is C/C=C/C(=O)NCCCCCc1nc2ccccc2n1CCC(C)C. The van der Waals surface area contributed by atoms with E-state index >= 15 is 0 Å². The number of imidazole rings is 1. The van der Waals surface area contributed by atoms with Crippen LogP contribution in [0, 0.1) is 5.92 Å². The molecule has 25 heavy (non-hydrogen) atoms. The molecule has 0 aliphatic carbocycles. The molecule has 1 aromatic carbocycles. The molecule has 2 aromatic rings. The second kappa shape index (κ2) is 10.0. The van der Waals surface area contributed by atoms with Crippen LogP contribution in [0.1, 0.15) is 52.3 Å². The van der Waals surface area contributed by atoms with Crippen LogP contribution in [0.15, 0.2) is 36.4 Å². The molecular formula is C21H31N3O. The summed E-state index contributed by atoms with van der Waals surface area (Å²) in [5.41, 5.74) is 2.34. The summed E-state index contributed by atoms with van der Waals surface area (Å²) in [6.07, 6.45) is 8.71. The lowest BCUT2D eigenvalue weighted by Crippen LogP contribution is -2.21. The zero-order valence-electron chi connectivity index (χ0n) is 15.8. The first-order valence-electron chi connectivity index (χ1n) is 9.46. The van der Waals surface area contributed by atoms with Gasteiger partial charge < -0.3 is 9.88 Å². The zero-order valence-corrected chi connectivity index (χ0v) is 15.8. The minimum atomic E-state index is -0.00187. The van der Waals surface area contributed by atoms with E-state index in [4.69, 9.17) is 4.98 Å². The number of rotatable bonds is 10. The maximum absolute atomic E-state index is 11.4. The smallest absolute Gasteiger partial charge is 0.243 e. The monoisotopic (exact) mass is 341 g/mol. The van der Waals surface area contributed by atoms with E-state index in [1.807, 2.05) is 6.92 Å². The Labute approximate surface area is 151 Å². The van der Waals surface area contributed by atoms with Gasteiger partial charge in [-0.2, -0.15) is 0 Å². The lowest BCUT2D eigenvalue weighted by molar-refractivity contribution is -0.116. The number of aromatic nitrogens is 2. The second-order valence-corrected chi connectivity index (χ2v) is 6.95. The lowest BCUT2D eigenvalue weighted by Gasteiger charge is -2.11. The Morgan fingerprint density at radius 3 is 2.80 bits per heavy atom. The number of benzene rings is 1. The van der Waals surface area contributed by atoms with E-state index in [2.05, 4.69) is 48.0 Å². The van der Waals surface area contributed by atoms with E-state index in [1.165, 1.54) is 17.8 Å². The first-order chi connectivity index (χ1) is 12.1. The Morgan fingerprint density at radius 1 is 1.24 bits per heavy atom. The summed E-state index contributed by atoms with van der Waals surface area (Å²) in [5, 5.41) is 2.90. The maximum Gasteiger partial charge on any atom is 0.243 e. The fourth-order valence-corrected chi connectivity index (χ4v) is 2.96. The number of nitrogens with zero attached hydrogens (tertiary/aromatic N) is 2. The molecule has 0 fully saturated rings. The molecule has 2 rings (SSSR count).